The number of halogens is 1. The molecular formula is C22H15ClN2O2. The number of amides is 1. The molecule has 3 aromatic carbocycles. The number of benzene rings is 3. The fraction of sp³-hybridized carbons (Fsp3) is 0. The number of nitrogens with one attached hydrogen (secondary N) is 1. The summed E-state index contributed by atoms with van der Waals surface area (Å²) in [6.07, 6.45) is 1.26. The van der Waals surface area contributed by atoms with Crippen molar-refractivity contribution in [3.63, 3.8) is 0 Å². The number of anilines is 1. The van der Waals surface area contributed by atoms with Gasteiger partial charge in [0.15, 0.2) is 17.8 Å². The van der Waals surface area contributed by atoms with Crippen LogP contribution < -0.4 is 5.32 Å². The Labute approximate surface area is 161 Å². The van der Waals surface area contributed by atoms with Crippen LogP contribution in [0.3, 0.4) is 0 Å². The van der Waals surface area contributed by atoms with E-state index in [1.807, 2.05) is 60.7 Å². The van der Waals surface area contributed by atoms with E-state index in [2.05, 4.69) is 10.3 Å². The largest absolute Gasteiger partial charge is 0.443 e. The van der Waals surface area contributed by atoms with Crippen LogP contribution in [0.4, 0.5) is 5.69 Å². The Morgan fingerprint density at radius 2 is 1.63 bits per heavy atom. The van der Waals surface area contributed by atoms with Crippen molar-refractivity contribution in [1.82, 2.24) is 4.98 Å². The van der Waals surface area contributed by atoms with Crippen LogP contribution in [0.25, 0.3) is 22.5 Å². The van der Waals surface area contributed by atoms with Crippen LogP contribution in [0, 0.1) is 0 Å². The van der Waals surface area contributed by atoms with E-state index < -0.39 is 0 Å². The van der Waals surface area contributed by atoms with Crippen molar-refractivity contribution in [2.75, 3.05) is 5.32 Å². The van der Waals surface area contributed by atoms with Crippen molar-refractivity contribution < 1.29 is 9.21 Å². The number of carbonyl (C=O) groups is 1. The molecule has 0 unspecified atom stereocenters. The number of rotatable bonds is 4. The highest BCUT2D eigenvalue weighted by molar-refractivity contribution is 6.30. The Hall–Kier alpha value is -3.37. The predicted molar refractivity (Wildman–Crippen MR) is 107 cm³/mol. The maximum Gasteiger partial charge on any atom is 0.278 e. The van der Waals surface area contributed by atoms with Gasteiger partial charge in [-0.1, -0.05) is 72.3 Å². The van der Waals surface area contributed by atoms with Crippen LogP contribution in [0.15, 0.2) is 89.7 Å². The van der Waals surface area contributed by atoms with Gasteiger partial charge in [-0.3, -0.25) is 4.79 Å². The quantitative estimate of drug-likeness (QED) is 0.482. The molecule has 0 aliphatic carbocycles. The Kier molecular flexibility index (Phi) is 4.73. The molecule has 0 atom stereocenters. The third-order valence-electron chi connectivity index (χ3n) is 4.13. The molecule has 0 aliphatic rings. The van der Waals surface area contributed by atoms with Gasteiger partial charge in [0, 0.05) is 21.8 Å². The number of oxazole rings is 1. The predicted octanol–water partition coefficient (Wildman–Crippen LogP) is 5.91. The zero-order valence-electron chi connectivity index (χ0n) is 14.2. The second-order valence-electron chi connectivity index (χ2n) is 5.91. The molecule has 4 aromatic rings. The summed E-state index contributed by atoms with van der Waals surface area (Å²) in [6.45, 7) is 0. The second-order valence-corrected chi connectivity index (χ2v) is 6.34. The van der Waals surface area contributed by atoms with Crippen LogP contribution >= 0.6 is 11.6 Å². The Balaban J connectivity index is 1.67. The molecule has 0 radical (unpaired) electrons. The average Bonchev–Trinajstić information content (AvgIpc) is 3.19. The maximum atomic E-state index is 12.9. The number of hydrogen-bond acceptors (Lipinski definition) is 3. The van der Waals surface area contributed by atoms with Crippen molar-refractivity contribution in [2.45, 2.75) is 0 Å². The molecule has 27 heavy (non-hydrogen) atoms. The molecule has 1 N–H and O–H groups in total. The van der Waals surface area contributed by atoms with E-state index in [-0.39, 0.29) is 11.6 Å². The number of aromatic nitrogens is 1. The van der Waals surface area contributed by atoms with Gasteiger partial charge < -0.3 is 9.73 Å². The van der Waals surface area contributed by atoms with Gasteiger partial charge in [0.25, 0.3) is 5.91 Å². The first-order valence-electron chi connectivity index (χ1n) is 8.37. The Bertz CT molecular complexity index is 1090. The summed E-state index contributed by atoms with van der Waals surface area (Å²) in [6, 6.07) is 24.6. The van der Waals surface area contributed by atoms with Crippen LogP contribution in [0.2, 0.25) is 5.02 Å². The fourth-order valence-corrected chi connectivity index (χ4v) is 3.08. The molecule has 0 aliphatic heterocycles. The summed E-state index contributed by atoms with van der Waals surface area (Å²) in [7, 11) is 0. The monoisotopic (exact) mass is 374 g/mol. The van der Waals surface area contributed by atoms with Gasteiger partial charge in [-0.2, -0.15) is 0 Å². The lowest BCUT2D eigenvalue weighted by atomic mass is 10.0. The van der Waals surface area contributed by atoms with Gasteiger partial charge in [0.2, 0.25) is 0 Å². The molecule has 1 heterocycles. The second kappa shape index (κ2) is 7.48. The Morgan fingerprint density at radius 3 is 2.44 bits per heavy atom. The van der Waals surface area contributed by atoms with Crippen LogP contribution in [-0.4, -0.2) is 10.9 Å². The van der Waals surface area contributed by atoms with Crippen molar-refractivity contribution in [3.05, 3.63) is 96.0 Å². The van der Waals surface area contributed by atoms with E-state index in [0.29, 0.717) is 22.0 Å². The lowest BCUT2D eigenvalue weighted by molar-refractivity contribution is 0.102. The molecule has 1 amide bonds. The molecule has 4 rings (SSSR count). The summed E-state index contributed by atoms with van der Waals surface area (Å²) in [4.78, 5) is 17.0. The molecular weight excluding hydrogens is 360 g/mol. The summed E-state index contributed by atoms with van der Waals surface area (Å²) in [5.41, 5.74) is 3.55. The van der Waals surface area contributed by atoms with E-state index in [0.717, 1.165) is 11.1 Å². The van der Waals surface area contributed by atoms with Crippen molar-refractivity contribution in [1.29, 1.82) is 0 Å². The van der Waals surface area contributed by atoms with Gasteiger partial charge in [0.05, 0.1) is 0 Å². The third-order valence-corrected chi connectivity index (χ3v) is 4.36. The number of carbonyl (C=O) groups excluding carboxylic acids is 1. The van der Waals surface area contributed by atoms with Crippen molar-refractivity contribution in [3.8, 4) is 22.5 Å². The highest BCUT2D eigenvalue weighted by Gasteiger charge is 2.19. The van der Waals surface area contributed by atoms with Gasteiger partial charge in [0.1, 0.15) is 0 Å². The molecule has 0 bridgehead atoms. The molecule has 1 aromatic heterocycles. The molecule has 0 fully saturated rings. The molecule has 4 nitrogen and oxygen atoms in total. The SMILES string of the molecule is O=C(Nc1ccccc1-c1ccccc1)c1ncoc1-c1cccc(Cl)c1. The van der Waals surface area contributed by atoms with Crippen LogP contribution in [-0.2, 0) is 0 Å². The summed E-state index contributed by atoms with van der Waals surface area (Å²) >= 11 is 6.05. The summed E-state index contributed by atoms with van der Waals surface area (Å²) < 4.78 is 5.45. The van der Waals surface area contributed by atoms with Crippen molar-refractivity contribution >= 4 is 23.2 Å². The number of para-hydroxylation sites is 1. The topological polar surface area (TPSA) is 55.1 Å². The number of nitrogens with zero attached hydrogens (tertiary/aromatic N) is 1. The first-order chi connectivity index (χ1) is 13.2. The summed E-state index contributed by atoms with van der Waals surface area (Å²) in [5, 5.41) is 3.50. The first kappa shape index (κ1) is 17.1. The molecule has 0 saturated carbocycles. The number of hydrogen-bond donors (Lipinski definition) is 1. The molecule has 5 heteroatoms. The lowest BCUT2D eigenvalue weighted by Gasteiger charge is -2.11. The van der Waals surface area contributed by atoms with Crippen LogP contribution in [0.5, 0.6) is 0 Å². The molecule has 0 saturated heterocycles. The lowest BCUT2D eigenvalue weighted by Crippen LogP contribution is -2.14. The third kappa shape index (κ3) is 3.61. The van der Waals surface area contributed by atoms with E-state index in [1.54, 1.807) is 18.2 Å². The average molecular weight is 375 g/mol. The highest BCUT2D eigenvalue weighted by Crippen LogP contribution is 2.30. The maximum absolute atomic E-state index is 12.9. The van der Waals surface area contributed by atoms with E-state index in [9.17, 15) is 4.79 Å². The highest BCUT2D eigenvalue weighted by atomic mass is 35.5. The molecule has 132 valence electrons. The van der Waals surface area contributed by atoms with Crippen molar-refractivity contribution in [2.24, 2.45) is 0 Å². The van der Waals surface area contributed by atoms with E-state index >= 15 is 0 Å². The van der Waals surface area contributed by atoms with Gasteiger partial charge in [-0.15, -0.1) is 0 Å². The molecule has 0 spiro atoms. The minimum atomic E-state index is -0.345. The minimum Gasteiger partial charge on any atom is -0.443 e. The first-order valence-corrected chi connectivity index (χ1v) is 8.75. The van der Waals surface area contributed by atoms with Gasteiger partial charge in [-0.25, -0.2) is 4.98 Å². The van der Waals surface area contributed by atoms with Crippen LogP contribution in [0.1, 0.15) is 10.5 Å². The Morgan fingerprint density at radius 1 is 0.889 bits per heavy atom. The zero-order valence-corrected chi connectivity index (χ0v) is 15.0. The standard InChI is InChI=1S/C22H15ClN2O2/c23-17-10-6-9-16(13-17)21-20(24-14-27-21)22(26)25-19-12-5-4-11-18(19)15-7-2-1-3-8-15/h1-14H,(H,25,26). The van der Waals surface area contributed by atoms with Gasteiger partial charge >= 0.3 is 0 Å². The minimum absolute atomic E-state index is 0.208. The van der Waals surface area contributed by atoms with E-state index in [1.165, 1.54) is 6.39 Å². The smallest absolute Gasteiger partial charge is 0.278 e. The normalized spacial score (nSPS) is 10.6. The summed E-state index contributed by atoms with van der Waals surface area (Å²) in [5.74, 6) is 0.0364. The van der Waals surface area contributed by atoms with Gasteiger partial charge in [-0.05, 0) is 23.8 Å². The fourth-order valence-electron chi connectivity index (χ4n) is 2.89. The van der Waals surface area contributed by atoms with E-state index in [4.69, 9.17) is 16.0 Å². The zero-order chi connectivity index (χ0) is 18.6.